The smallest absolute Gasteiger partial charge is 0.239 e. The maximum atomic E-state index is 12.1. The lowest BCUT2D eigenvalue weighted by Crippen LogP contribution is -2.25. The van der Waals surface area contributed by atoms with Crippen LogP contribution in [0.5, 0.6) is 5.75 Å². The molecular weight excluding hydrogens is 350 g/mol. The van der Waals surface area contributed by atoms with Crippen LogP contribution in [-0.4, -0.2) is 29.6 Å². The monoisotopic (exact) mass is 371 g/mol. The molecule has 6 nitrogen and oxygen atoms in total. The molecule has 1 atom stereocenters. The van der Waals surface area contributed by atoms with Gasteiger partial charge >= 0.3 is 0 Å². The summed E-state index contributed by atoms with van der Waals surface area (Å²) in [6.07, 6.45) is 3.88. The molecule has 1 N–H and O–H groups in total. The van der Waals surface area contributed by atoms with E-state index in [1.54, 1.807) is 13.3 Å². The summed E-state index contributed by atoms with van der Waals surface area (Å²) in [6.45, 7) is 1.92. The van der Waals surface area contributed by atoms with Crippen LogP contribution >= 0.6 is 11.8 Å². The lowest BCUT2D eigenvalue weighted by Gasteiger charge is -2.06. The lowest BCUT2D eigenvalue weighted by molar-refractivity contribution is -0.118. The van der Waals surface area contributed by atoms with Crippen molar-refractivity contribution in [1.82, 2.24) is 5.32 Å². The predicted molar refractivity (Wildman–Crippen MR) is 104 cm³/mol. The molecule has 0 bridgehead atoms. The normalized spacial score (nSPS) is 18.6. The number of thioether (sulfide) groups is 1. The second-order valence-corrected chi connectivity index (χ2v) is 7.09. The van der Waals surface area contributed by atoms with Crippen LogP contribution in [0.15, 0.2) is 51.0 Å². The first-order chi connectivity index (χ1) is 12.6. The Labute approximate surface area is 156 Å². The van der Waals surface area contributed by atoms with Crippen LogP contribution in [0.3, 0.4) is 0 Å². The largest absolute Gasteiger partial charge is 0.497 e. The molecule has 136 valence electrons. The third kappa shape index (κ3) is 4.98. The summed E-state index contributed by atoms with van der Waals surface area (Å²) in [4.78, 5) is 12.1. The average Bonchev–Trinajstić information content (AvgIpc) is 3.21. The number of benzene rings is 1. The maximum absolute atomic E-state index is 12.1. The number of aryl methyl sites for hydroxylation is 2. The SMILES string of the molecule is COc1ccc(CC2S/C(=N/N=C/CCc3ccc(C)o3)NC2=O)cc1. The second-order valence-electron chi connectivity index (χ2n) is 5.90. The summed E-state index contributed by atoms with van der Waals surface area (Å²) in [5.41, 5.74) is 1.08. The van der Waals surface area contributed by atoms with Crippen molar-refractivity contribution < 1.29 is 13.9 Å². The molecule has 1 aliphatic heterocycles. The fraction of sp³-hybridized carbons (Fsp3) is 0.316. The van der Waals surface area contributed by atoms with Crippen molar-refractivity contribution in [3.63, 3.8) is 0 Å². The Kier molecular flexibility index (Phi) is 6.12. The van der Waals surface area contributed by atoms with E-state index in [2.05, 4.69) is 15.5 Å². The quantitative estimate of drug-likeness (QED) is 0.598. The van der Waals surface area contributed by atoms with E-state index in [9.17, 15) is 4.79 Å². The molecule has 1 saturated heterocycles. The fourth-order valence-electron chi connectivity index (χ4n) is 2.54. The zero-order chi connectivity index (χ0) is 18.4. The number of amidine groups is 1. The molecule has 0 saturated carbocycles. The van der Waals surface area contributed by atoms with Gasteiger partial charge in [-0.3, -0.25) is 4.79 Å². The molecule has 0 aliphatic carbocycles. The van der Waals surface area contributed by atoms with Crippen LogP contribution in [0.1, 0.15) is 23.5 Å². The highest BCUT2D eigenvalue weighted by atomic mass is 32.2. The number of carbonyl (C=O) groups is 1. The second kappa shape index (κ2) is 8.71. The molecule has 26 heavy (non-hydrogen) atoms. The van der Waals surface area contributed by atoms with Crippen LogP contribution < -0.4 is 10.1 Å². The number of methoxy groups -OCH3 is 1. The van der Waals surface area contributed by atoms with Crippen molar-refractivity contribution in [2.24, 2.45) is 10.2 Å². The van der Waals surface area contributed by atoms with Crippen molar-refractivity contribution in [2.75, 3.05) is 7.11 Å². The van der Waals surface area contributed by atoms with Gasteiger partial charge in [-0.15, -0.1) is 5.10 Å². The van der Waals surface area contributed by atoms with Gasteiger partial charge in [-0.2, -0.15) is 5.10 Å². The van der Waals surface area contributed by atoms with Gasteiger partial charge in [0.1, 0.15) is 17.3 Å². The van der Waals surface area contributed by atoms with Gasteiger partial charge < -0.3 is 14.5 Å². The zero-order valence-electron chi connectivity index (χ0n) is 14.8. The molecule has 1 aromatic carbocycles. The van der Waals surface area contributed by atoms with Gasteiger partial charge in [0.05, 0.1) is 12.4 Å². The standard InChI is InChI=1S/C19H21N3O3S/c1-13-5-8-16(25-13)4-3-11-20-22-19-21-18(23)17(26-19)12-14-6-9-15(24-2)10-7-14/h5-11,17H,3-4,12H2,1-2H3,(H,21,22,23)/b20-11+. The van der Waals surface area contributed by atoms with Gasteiger partial charge in [0.2, 0.25) is 5.91 Å². The summed E-state index contributed by atoms with van der Waals surface area (Å²) < 4.78 is 10.6. The van der Waals surface area contributed by atoms with E-state index in [1.165, 1.54) is 11.8 Å². The minimum atomic E-state index is -0.191. The Hall–Kier alpha value is -2.54. The molecule has 2 aromatic rings. The number of furan rings is 1. The summed E-state index contributed by atoms with van der Waals surface area (Å²) in [6, 6.07) is 11.6. The van der Waals surface area contributed by atoms with Crippen molar-refractivity contribution in [2.45, 2.75) is 31.4 Å². The molecule has 0 spiro atoms. The van der Waals surface area contributed by atoms with Gasteiger partial charge in [-0.1, -0.05) is 23.9 Å². The molecule has 1 aliphatic rings. The summed E-state index contributed by atoms with van der Waals surface area (Å²) in [5.74, 6) is 2.61. The summed E-state index contributed by atoms with van der Waals surface area (Å²) in [7, 11) is 1.63. The van der Waals surface area contributed by atoms with Crippen LogP contribution in [-0.2, 0) is 17.6 Å². The van der Waals surface area contributed by atoms with E-state index < -0.39 is 0 Å². The average molecular weight is 371 g/mol. The highest BCUT2D eigenvalue weighted by Crippen LogP contribution is 2.24. The highest BCUT2D eigenvalue weighted by Gasteiger charge is 2.30. The van der Waals surface area contributed by atoms with Crippen LogP contribution in [0.4, 0.5) is 0 Å². The minimum absolute atomic E-state index is 0.0363. The number of hydrogen-bond acceptors (Lipinski definition) is 6. The number of rotatable bonds is 7. The van der Waals surface area contributed by atoms with Crippen LogP contribution in [0.25, 0.3) is 0 Å². The number of carbonyl (C=O) groups excluding carboxylic acids is 1. The first kappa shape index (κ1) is 18.3. The molecule has 1 aromatic heterocycles. The Balaban J connectivity index is 1.48. The molecular formula is C19H21N3O3S. The number of nitrogens with zero attached hydrogens (tertiary/aromatic N) is 2. The highest BCUT2D eigenvalue weighted by molar-refractivity contribution is 8.15. The summed E-state index contributed by atoms with van der Waals surface area (Å²) >= 11 is 1.41. The molecule has 2 heterocycles. The van der Waals surface area contributed by atoms with E-state index in [0.717, 1.165) is 35.7 Å². The molecule has 1 unspecified atom stereocenters. The number of hydrogen-bond donors (Lipinski definition) is 1. The Morgan fingerprint density at radius 2 is 2.08 bits per heavy atom. The van der Waals surface area contributed by atoms with Crippen molar-refractivity contribution in [1.29, 1.82) is 0 Å². The maximum Gasteiger partial charge on any atom is 0.239 e. The van der Waals surface area contributed by atoms with E-state index in [0.29, 0.717) is 11.6 Å². The van der Waals surface area contributed by atoms with Crippen molar-refractivity contribution >= 4 is 29.1 Å². The Morgan fingerprint density at radius 3 is 2.77 bits per heavy atom. The van der Waals surface area contributed by atoms with Gasteiger partial charge in [0.25, 0.3) is 0 Å². The van der Waals surface area contributed by atoms with Crippen molar-refractivity contribution in [3.8, 4) is 5.75 Å². The van der Waals surface area contributed by atoms with Crippen LogP contribution in [0, 0.1) is 6.92 Å². The van der Waals surface area contributed by atoms with Gasteiger partial charge in [-0.05, 0) is 49.6 Å². The van der Waals surface area contributed by atoms with E-state index in [-0.39, 0.29) is 11.2 Å². The third-order valence-electron chi connectivity index (χ3n) is 3.90. The first-order valence-electron chi connectivity index (χ1n) is 8.39. The third-order valence-corrected chi connectivity index (χ3v) is 4.97. The number of nitrogens with one attached hydrogen (secondary N) is 1. The fourth-order valence-corrected chi connectivity index (χ4v) is 3.50. The topological polar surface area (TPSA) is 76.2 Å². The predicted octanol–water partition coefficient (Wildman–Crippen LogP) is 3.35. The van der Waals surface area contributed by atoms with Crippen molar-refractivity contribution in [3.05, 3.63) is 53.5 Å². The van der Waals surface area contributed by atoms with E-state index in [4.69, 9.17) is 9.15 Å². The molecule has 0 radical (unpaired) electrons. The Bertz CT molecular complexity index is 812. The molecule has 3 rings (SSSR count). The minimum Gasteiger partial charge on any atom is -0.497 e. The van der Waals surface area contributed by atoms with Gasteiger partial charge in [0.15, 0.2) is 5.17 Å². The number of ether oxygens (including phenoxy) is 1. The Morgan fingerprint density at radius 1 is 1.27 bits per heavy atom. The first-order valence-corrected chi connectivity index (χ1v) is 9.27. The number of amides is 1. The molecule has 7 heteroatoms. The molecule has 1 amide bonds. The van der Waals surface area contributed by atoms with Gasteiger partial charge in [-0.25, -0.2) is 0 Å². The summed E-state index contributed by atoms with van der Waals surface area (Å²) in [5, 5.41) is 11.3. The van der Waals surface area contributed by atoms with E-state index in [1.807, 2.05) is 43.3 Å². The zero-order valence-corrected chi connectivity index (χ0v) is 15.6. The van der Waals surface area contributed by atoms with Crippen LogP contribution in [0.2, 0.25) is 0 Å². The molecule has 1 fully saturated rings. The van der Waals surface area contributed by atoms with E-state index >= 15 is 0 Å². The lowest BCUT2D eigenvalue weighted by atomic mass is 10.1. The van der Waals surface area contributed by atoms with Gasteiger partial charge in [0, 0.05) is 12.6 Å².